The minimum absolute atomic E-state index is 0.454. The summed E-state index contributed by atoms with van der Waals surface area (Å²) in [5.41, 5.74) is 5.57. The average Bonchev–Trinajstić information content (AvgIpc) is 2.83. The van der Waals surface area contributed by atoms with Crippen LogP contribution in [0.5, 0.6) is 0 Å². The van der Waals surface area contributed by atoms with Crippen LogP contribution in [0.4, 0.5) is 5.69 Å². The largest absolute Gasteiger partial charge is 0.378 e. The predicted molar refractivity (Wildman–Crippen MR) is 89.3 cm³/mol. The van der Waals surface area contributed by atoms with E-state index in [2.05, 4.69) is 70.6 Å². The molecule has 0 amide bonds. The monoisotopic (exact) mass is 329 g/mol. The number of halogens is 1. The molecule has 1 nitrogen and oxygen atoms in total. The minimum atomic E-state index is 0.454. The molecule has 20 heavy (non-hydrogen) atoms. The first-order valence-electron chi connectivity index (χ1n) is 7.40. The van der Waals surface area contributed by atoms with Crippen molar-refractivity contribution in [2.45, 2.75) is 38.6 Å². The van der Waals surface area contributed by atoms with Gasteiger partial charge in [-0.15, -0.1) is 0 Å². The van der Waals surface area contributed by atoms with Crippen molar-refractivity contribution in [1.82, 2.24) is 0 Å². The van der Waals surface area contributed by atoms with Gasteiger partial charge >= 0.3 is 0 Å². The summed E-state index contributed by atoms with van der Waals surface area (Å²) in [5, 5.41) is 3.67. The second-order valence-electron chi connectivity index (χ2n) is 5.53. The Hall–Kier alpha value is -1.28. The molecular formula is C18H20BrN. The van der Waals surface area contributed by atoms with Crippen LogP contribution >= 0.6 is 15.9 Å². The van der Waals surface area contributed by atoms with Crippen LogP contribution in [0.15, 0.2) is 46.9 Å². The number of hydrogen-bond donors (Lipinski definition) is 1. The van der Waals surface area contributed by atoms with E-state index in [1.165, 1.54) is 52.5 Å². The molecule has 0 radical (unpaired) electrons. The van der Waals surface area contributed by atoms with Gasteiger partial charge in [-0.05, 0) is 60.2 Å². The highest BCUT2D eigenvalue weighted by Gasteiger charge is 2.22. The van der Waals surface area contributed by atoms with Crippen LogP contribution in [0.3, 0.4) is 0 Å². The molecule has 1 aliphatic rings. The molecule has 1 N–H and O–H groups in total. The van der Waals surface area contributed by atoms with Crippen molar-refractivity contribution in [3.05, 3.63) is 63.6 Å². The van der Waals surface area contributed by atoms with Crippen molar-refractivity contribution in [1.29, 1.82) is 0 Å². The molecule has 1 unspecified atom stereocenters. The van der Waals surface area contributed by atoms with Gasteiger partial charge < -0.3 is 5.32 Å². The molecule has 0 saturated heterocycles. The van der Waals surface area contributed by atoms with E-state index >= 15 is 0 Å². The molecule has 0 fully saturated rings. The molecule has 0 spiro atoms. The Morgan fingerprint density at radius 1 is 1.15 bits per heavy atom. The second-order valence-corrected chi connectivity index (χ2v) is 6.44. The highest BCUT2D eigenvalue weighted by molar-refractivity contribution is 9.10. The zero-order valence-corrected chi connectivity index (χ0v) is 13.4. The standard InChI is InChI=1S/C18H20BrN/c1-2-3-13-4-8-16(9-5-13)20-18-11-6-14-12-15(19)7-10-17(14)18/h4-5,7-10,12,18,20H,2-3,6,11H2,1H3. The number of rotatable bonds is 4. The lowest BCUT2D eigenvalue weighted by Crippen LogP contribution is -2.06. The third kappa shape index (κ3) is 2.90. The van der Waals surface area contributed by atoms with Crippen LogP contribution < -0.4 is 5.32 Å². The fourth-order valence-corrected chi connectivity index (χ4v) is 3.40. The lowest BCUT2D eigenvalue weighted by molar-refractivity contribution is 0.762. The molecule has 0 aliphatic heterocycles. The summed E-state index contributed by atoms with van der Waals surface area (Å²) in [6.07, 6.45) is 4.72. The third-order valence-electron chi connectivity index (χ3n) is 4.02. The molecule has 0 heterocycles. The second kappa shape index (κ2) is 6.01. The van der Waals surface area contributed by atoms with E-state index in [9.17, 15) is 0 Å². The summed E-state index contributed by atoms with van der Waals surface area (Å²) in [6, 6.07) is 16.0. The maximum atomic E-state index is 3.67. The van der Waals surface area contributed by atoms with E-state index in [1.807, 2.05) is 0 Å². The zero-order valence-electron chi connectivity index (χ0n) is 11.8. The Morgan fingerprint density at radius 2 is 1.95 bits per heavy atom. The van der Waals surface area contributed by atoms with Crippen LogP contribution in [-0.2, 0) is 12.8 Å². The molecule has 3 rings (SSSR count). The van der Waals surface area contributed by atoms with E-state index in [0.717, 1.165) is 0 Å². The van der Waals surface area contributed by atoms with Crippen molar-refractivity contribution >= 4 is 21.6 Å². The molecule has 2 aromatic rings. The molecule has 0 aromatic heterocycles. The third-order valence-corrected chi connectivity index (χ3v) is 4.51. The van der Waals surface area contributed by atoms with Gasteiger partial charge in [0.2, 0.25) is 0 Å². The highest BCUT2D eigenvalue weighted by atomic mass is 79.9. The molecule has 2 heteroatoms. The van der Waals surface area contributed by atoms with Gasteiger partial charge in [0, 0.05) is 10.2 Å². The topological polar surface area (TPSA) is 12.0 Å². The van der Waals surface area contributed by atoms with Gasteiger partial charge in [0.1, 0.15) is 0 Å². The summed E-state index contributed by atoms with van der Waals surface area (Å²) in [6.45, 7) is 2.22. The number of fused-ring (bicyclic) bond motifs is 1. The molecule has 0 saturated carbocycles. The zero-order chi connectivity index (χ0) is 13.9. The quantitative estimate of drug-likeness (QED) is 0.780. The summed E-state index contributed by atoms with van der Waals surface area (Å²) in [4.78, 5) is 0. The van der Waals surface area contributed by atoms with Crippen molar-refractivity contribution in [2.75, 3.05) is 5.32 Å². The van der Waals surface area contributed by atoms with Crippen molar-refractivity contribution in [3.63, 3.8) is 0 Å². The van der Waals surface area contributed by atoms with Gasteiger partial charge in [-0.2, -0.15) is 0 Å². The first-order valence-corrected chi connectivity index (χ1v) is 8.19. The maximum Gasteiger partial charge on any atom is 0.0519 e. The van der Waals surface area contributed by atoms with Gasteiger partial charge in [0.25, 0.3) is 0 Å². The Labute approximate surface area is 129 Å². The van der Waals surface area contributed by atoms with Gasteiger partial charge in [0.05, 0.1) is 6.04 Å². The lowest BCUT2D eigenvalue weighted by atomic mass is 10.1. The van der Waals surface area contributed by atoms with Crippen molar-refractivity contribution in [3.8, 4) is 0 Å². The fraction of sp³-hybridized carbons (Fsp3) is 0.333. The van der Waals surface area contributed by atoms with E-state index in [1.54, 1.807) is 0 Å². The summed E-state index contributed by atoms with van der Waals surface area (Å²) in [7, 11) is 0. The fourth-order valence-electron chi connectivity index (χ4n) is 2.99. The molecule has 0 bridgehead atoms. The molecule has 1 aliphatic carbocycles. The van der Waals surface area contributed by atoms with Gasteiger partial charge in [-0.1, -0.05) is 47.5 Å². The Balaban J connectivity index is 1.73. The first kappa shape index (κ1) is 13.7. The SMILES string of the molecule is CCCc1ccc(NC2CCc3cc(Br)ccc32)cc1. The van der Waals surface area contributed by atoms with E-state index in [-0.39, 0.29) is 0 Å². The van der Waals surface area contributed by atoms with Crippen LogP contribution in [-0.4, -0.2) is 0 Å². The number of benzene rings is 2. The Kier molecular flexibility index (Phi) is 4.11. The van der Waals surface area contributed by atoms with Crippen LogP contribution in [0.25, 0.3) is 0 Å². The average molecular weight is 330 g/mol. The molecular weight excluding hydrogens is 310 g/mol. The first-order chi connectivity index (χ1) is 9.76. The Bertz CT molecular complexity index is 589. The molecule has 104 valence electrons. The Morgan fingerprint density at radius 3 is 2.70 bits per heavy atom. The summed E-state index contributed by atoms with van der Waals surface area (Å²) in [5.74, 6) is 0. The summed E-state index contributed by atoms with van der Waals surface area (Å²) < 4.78 is 1.18. The number of anilines is 1. The van der Waals surface area contributed by atoms with Crippen molar-refractivity contribution in [2.24, 2.45) is 0 Å². The number of aryl methyl sites for hydroxylation is 2. The predicted octanol–water partition coefficient (Wildman–Crippen LogP) is 5.50. The van der Waals surface area contributed by atoms with E-state index < -0.39 is 0 Å². The van der Waals surface area contributed by atoms with Crippen LogP contribution in [0.2, 0.25) is 0 Å². The number of nitrogens with one attached hydrogen (secondary N) is 1. The summed E-state index contributed by atoms with van der Waals surface area (Å²) >= 11 is 3.55. The van der Waals surface area contributed by atoms with Crippen molar-refractivity contribution < 1.29 is 0 Å². The maximum absolute atomic E-state index is 3.67. The lowest BCUT2D eigenvalue weighted by Gasteiger charge is -2.16. The highest BCUT2D eigenvalue weighted by Crippen LogP contribution is 2.35. The van der Waals surface area contributed by atoms with Gasteiger partial charge in [-0.25, -0.2) is 0 Å². The molecule has 1 atom stereocenters. The minimum Gasteiger partial charge on any atom is -0.378 e. The van der Waals surface area contributed by atoms with Crippen LogP contribution in [0.1, 0.15) is 42.5 Å². The van der Waals surface area contributed by atoms with Gasteiger partial charge in [0.15, 0.2) is 0 Å². The van der Waals surface area contributed by atoms with Crippen LogP contribution in [0, 0.1) is 0 Å². The molecule has 2 aromatic carbocycles. The normalized spacial score (nSPS) is 17.0. The van der Waals surface area contributed by atoms with E-state index in [0.29, 0.717) is 6.04 Å². The van der Waals surface area contributed by atoms with E-state index in [4.69, 9.17) is 0 Å². The smallest absolute Gasteiger partial charge is 0.0519 e. The number of hydrogen-bond acceptors (Lipinski definition) is 1. The van der Waals surface area contributed by atoms with Gasteiger partial charge in [-0.3, -0.25) is 0 Å².